The SMILES string of the molecule is COc1ccc(/C=C/C(=O)N2CC(C)SC2=Nc2cccc(S(=O)(=O)N(C)C)c2)cc1. The molecule has 1 unspecified atom stereocenters. The number of methoxy groups -OCH3 is 1. The molecule has 2 aromatic carbocycles. The maximum Gasteiger partial charge on any atom is 0.252 e. The molecule has 0 radical (unpaired) electrons. The summed E-state index contributed by atoms with van der Waals surface area (Å²) in [6.45, 7) is 2.55. The fourth-order valence-electron chi connectivity index (χ4n) is 2.89. The molecule has 31 heavy (non-hydrogen) atoms. The zero-order valence-corrected chi connectivity index (χ0v) is 19.5. The Labute approximate surface area is 187 Å². The predicted molar refractivity (Wildman–Crippen MR) is 125 cm³/mol. The Hall–Kier alpha value is -2.62. The van der Waals surface area contributed by atoms with Crippen LogP contribution in [0.4, 0.5) is 5.69 Å². The second-order valence-electron chi connectivity index (χ2n) is 7.16. The molecule has 0 bridgehead atoms. The molecule has 1 fully saturated rings. The molecule has 2 aromatic rings. The summed E-state index contributed by atoms with van der Waals surface area (Å²) in [4.78, 5) is 19.2. The van der Waals surface area contributed by atoms with Crippen LogP contribution in [0.5, 0.6) is 5.75 Å². The lowest BCUT2D eigenvalue weighted by molar-refractivity contribution is -0.122. The summed E-state index contributed by atoms with van der Waals surface area (Å²) in [5.41, 5.74) is 1.37. The number of amidine groups is 1. The smallest absolute Gasteiger partial charge is 0.252 e. The first-order valence-electron chi connectivity index (χ1n) is 9.62. The second kappa shape index (κ2) is 9.67. The van der Waals surface area contributed by atoms with E-state index < -0.39 is 10.0 Å². The van der Waals surface area contributed by atoms with Crippen LogP contribution in [0.15, 0.2) is 64.5 Å². The minimum atomic E-state index is -3.56. The van der Waals surface area contributed by atoms with Crippen molar-refractivity contribution >= 4 is 44.6 Å². The van der Waals surface area contributed by atoms with Crippen LogP contribution in [0.2, 0.25) is 0 Å². The van der Waals surface area contributed by atoms with Gasteiger partial charge in [-0.05, 0) is 42.0 Å². The topological polar surface area (TPSA) is 79.3 Å². The number of rotatable bonds is 6. The summed E-state index contributed by atoms with van der Waals surface area (Å²) in [6, 6.07) is 13.8. The fourth-order valence-corrected chi connectivity index (χ4v) is 4.87. The van der Waals surface area contributed by atoms with Gasteiger partial charge in [0.1, 0.15) is 5.75 Å². The number of benzene rings is 2. The first kappa shape index (κ1) is 23.1. The molecule has 1 aliphatic heterocycles. The highest BCUT2D eigenvalue weighted by Crippen LogP contribution is 2.29. The van der Waals surface area contributed by atoms with E-state index >= 15 is 0 Å². The summed E-state index contributed by atoms with van der Waals surface area (Å²) < 4.78 is 31.1. The number of hydrogen-bond donors (Lipinski definition) is 0. The van der Waals surface area contributed by atoms with Crippen LogP contribution >= 0.6 is 11.8 Å². The summed E-state index contributed by atoms with van der Waals surface area (Å²) in [7, 11) is 1.01. The van der Waals surface area contributed by atoms with Crippen LogP contribution in [0, 0.1) is 0 Å². The number of nitrogens with zero attached hydrogens (tertiary/aromatic N) is 3. The molecule has 0 spiro atoms. The molecule has 164 valence electrons. The van der Waals surface area contributed by atoms with Gasteiger partial charge in [0, 0.05) is 32.0 Å². The van der Waals surface area contributed by atoms with E-state index in [4.69, 9.17) is 4.74 Å². The van der Waals surface area contributed by atoms with E-state index in [-0.39, 0.29) is 16.1 Å². The number of ether oxygens (including phenoxy) is 1. The average molecular weight is 460 g/mol. The van der Waals surface area contributed by atoms with Crippen LogP contribution in [-0.4, -0.2) is 61.7 Å². The molecule has 1 aliphatic rings. The van der Waals surface area contributed by atoms with Gasteiger partial charge in [-0.3, -0.25) is 9.69 Å². The number of amides is 1. The third-order valence-electron chi connectivity index (χ3n) is 4.60. The van der Waals surface area contributed by atoms with E-state index in [2.05, 4.69) is 4.99 Å². The molecular weight excluding hydrogens is 434 g/mol. The van der Waals surface area contributed by atoms with Crippen molar-refractivity contribution in [2.24, 2.45) is 4.99 Å². The Bertz CT molecular complexity index is 1110. The molecule has 0 aliphatic carbocycles. The summed E-state index contributed by atoms with van der Waals surface area (Å²) in [5.74, 6) is 0.574. The largest absolute Gasteiger partial charge is 0.497 e. The third-order valence-corrected chi connectivity index (χ3v) is 7.48. The quantitative estimate of drug-likeness (QED) is 0.617. The van der Waals surface area contributed by atoms with E-state index in [9.17, 15) is 13.2 Å². The second-order valence-corrected chi connectivity index (χ2v) is 10.7. The number of sulfonamides is 1. The zero-order valence-electron chi connectivity index (χ0n) is 17.8. The highest BCUT2D eigenvalue weighted by atomic mass is 32.2. The monoisotopic (exact) mass is 459 g/mol. The van der Waals surface area contributed by atoms with Crippen molar-refractivity contribution in [3.63, 3.8) is 0 Å². The lowest BCUT2D eigenvalue weighted by Crippen LogP contribution is -2.30. The number of aliphatic imine (C=N–C) groups is 1. The maximum atomic E-state index is 12.8. The van der Waals surface area contributed by atoms with E-state index in [0.717, 1.165) is 15.6 Å². The number of carbonyl (C=O) groups excluding carboxylic acids is 1. The van der Waals surface area contributed by atoms with E-state index in [1.165, 1.54) is 44.1 Å². The van der Waals surface area contributed by atoms with Gasteiger partial charge >= 0.3 is 0 Å². The molecule has 0 saturated carbocycles. The van der Waals surface area contributed by atoms with Crippen LogP contribution in [0.25, 0.3) is 6.08 Å². The molecule has 3 rings (SSSR count). The van der Waals surface area contributed by atoms with Crippen molar-refractivity contribution in [2.75, 3.05) is 27.7 Å². The highest BCUT2D eigenvalue weighted by Gasteiger charge is 2.29. The van der Waals surface area contributed by atoms with Gasteiger partial charge in [0.25, 0.3) is 5.91 Å². The van der Waals surface area contributed by atoms with Crippen molar-refractivity contribution in [1.29, 1.82) is 0 Å². The van der Waals surface area contributed by atoms with Gasteiger partial charge in [0.15, 0.2) is 5.17 Å². The van der Waals surface area contributed by atoms with Gasteiger partial charge in [0.2, 0.25) is 10.0 Å². The molecular formula is C22H25N3O4S2. The fraction of sp³-hybridized carbons (Fsp3) is 0.273. The van der Waals surface area contributed by atoms with Crippen LogP contribution in [0.3, 0.4) is 0 Å². The van der Waals surface area contributed by atoms with E-state index in [1.54, 1.807) is 30.2 Å². The zero-order chi connectivity index (χ0) is 22.6. The van der Waals surface area contributed by atoms with Crippen molar-refractivity contribution < 1.29 is 17.9 Å². The van der Waals surface area contributed by atoms with Crippen LogP contribution < -0.4 is 4.74 Å². The number of hydrogen-bond acceptors (Lipinski definition) is 6. The van der Waals surface area contributed by atoms with E-state index in [1.807, 2.05) is 31.2 Å². The van der Waals surface area contributed by atoms with Gasteiger partial charge in [-0.2, -0.15) is 0 Å². The van der Waals surface area contributed by atoms with Crippen molar-refractivity contribution in [1.82, 2.24) is 9.21 Å². The molecule has 1 amide bonds. The standard InChI is InChI=1S/C22H25N3O4S2/c1-16-15-25(21(26)13-10-17-8-11-19(29-4)12-9-17)22(30-16)23-18-6-5-7-20(14-18)31(27,28)24(2)3/h5-14,16H,15H2,1-4H3/b13-10+,23-22?. The van der Waals surface area contributed by atoms with Gasteiger partial charge in [0.05, 0.1) is 17.7 Å². The average Bonchev–Trinajstić information content (AvgIpc) is 3.12. The van der Waals surface area contributed by atoms with Gasteiger partial charge in [-0.15, -0.1) is 0 Å². The number of thioether (sulfide) groups is 1. The van der Waals surface area contributed by atoms with E-state index in [0.29, 0.717) is 17.4 Å². The highest BCUT2D eigenvalue weighted by molar-refractivity contribution is 8.14. The first-order valence-corrected chi connectivity index (χ1v) is 11.9. The molecule has 1 atom stereocenters. The van der Waals surface area contributed by atoms with Gasteiger partial charge in [-0.25, -0.2) is 17.7 Å². The van der Waals surface area contributed by atoms with Crippen molar-refractivity contribution in [3.05, 3.63) is 60.2 Å². The Morgan fingerprint density at radius 1 is 1.23 bits per heavy atom. The first-order chi connectivity index (χ1) is 14.7. The van der Waals surface area contributed by atoms with Crippen LogP contribution in [0.1, 0.15) is 12.5 Å². The predicted octanol–water partition coefficient (Wildman–Crippen LogP) is 3.61. The van der Waals surface area contributed by atoms with Gasteiger partial charge < -0.3 is 4.74 Å². The summed E-state index contributed by atoms with van der Waals surface area (Å²) >= 11 is 1.49. The molecule has 7 nitrogen and oxygen atoms in total. The lowest BCUT2D eigenvalue weighted by Gasteiger charge is -2.14. The van der Waals surface area contributed by atoms with Crippen LogP contribution in [-0.2, 0) is 14.8 Å². The Morgan fingerprint density at radius 3 is 2.58 bits per heavy atom. The van der Waals surface area contributed by atoms with Crippen molar-refractivity contribution in [3.8, 4) is 5.75 Å². The third kappa shape index (κ3) is 5.55. The maximum absolute atomic E-state index is 12.8. The molecule has 0 aromatic heterocycles. The molecule has 0 N–H and O–H groups in total. The Kier molecular flexibility index (Phi) is 7.19. The Morgan fingerprint density at radius 2 is 1.94 bits per heavy atom. The number of carbonyl (C=O) groups is 1. The molecule has 9 heteroatoms. The summed E-state index contributed by atoms with van der Waals surface area (Å²) in [5, 5.41) is 0.738. The minimum absolute atomic E-state index is 0.160. The minimum Gasteiger partial charge on any atom is -0.497 e. The van der Waals surface area contributed by atoms with Gasteiger partial charge in [-0.1, -0.05) is 36.9 Å². The normalized spacial score (nSPS) is 18.3. The van der Waals surface area contributed by atoms with Crippen molar-refractivity contribution in [2.45, 2.75) is 17.1 Å². The molecule has 1 heterocycles. The lowest BCUT2D eigenvalue weighted by atomic mass is 10.2. The molecule has 1 saturated heterocycles. The summed E-state index contributed by atoms with van der Waals surface area (Å²) in [6.07, 6.45) is 3.26. The Balaban J connectivity index is 1.83.